The molecule has 2 fully saturated rings. The zero-order chi connectivity index (χ0) is 20.9. The van der Waals surface area contributed by atoms with Gasteiger partial charge >= 0.3 is 0 Å². The molecule has 2 saturated heterocycles. The summed E-state index contributed by atoms with van der Waals surface area (Å²) in [5, 5.41) is 14.6. The molecule has 0 unspecified atom stereocenters. The van der Waals surface area contributed by atoms with E-state index in [-0.39, 0.29) is 6.61 Å². The maximum absolute atomic E-state index is 11.3. The third-order valence-electron chi connectivity index (χ3n) is 5.60. The number of rotatable bonds is 6. The molecule has 0 radical (unpaired) electrons. The first-order chi connectivity index (χ1) is 14.5. The first-order valence-electron chi connectivity index (χ1n) is 9.35. The van der Waals surface area contributed by atoms with Gasteiger partial charge in [0.1, 0.15) is 18.5 Å². The van der Waals surface area contributed by atoms with Gasteiger partial charge in [-0.05, 0) is 17.7 Å². The van der Waals surface area contributed by atoms with Crippen molar-refractivity contribution in [1.29, 1.82) is 0 Å². The Morgan fingerprint density at radius 3 is 3.10 bits per heavy atom. The van der Waals surface area contributed by atoms with Crippen LogP contribution in [-0.4, -0.2) is 67.5 Å². The highest BCUT2D eigenvalue weighted by Gasteiger charge is 2.64. The molecule has 1 amide bonds. The number of hydrogen-bond acceptors (Lipinski definition) is 8. The molecule has 3 aromatic rings. The standard InChI is InChI=1S/C19H19ClN6O4/c1-25(10-27)19-7-29-14(15(19)28)18(30-19)26-9-24-13-16(22-8-23-17(13)26)21-6-11-3-2-4-12(20)5-11/h2-5,8-10,14-15,18,28H,6-7H2,1H3,(H,21,22,23)/t14-,15+,18-,19-/m1/s1. The van der Waals surface area contributed by atoms with Gasteiger partial charge in [-0.3, -0.25) is 9.36 Å². The second-order valence-electron chi connectivity index (χ2n) is 7.32. The van der Waals surface area contributed by atoms with Crippen molar-refractivity contribution in [3.8, 4) is 0 Å². The summed E-state index contributed by atoms with van der Waals surface area (Å²) in [5.41, 5.74) is 0.850. The Balaban J connectivity index is 1.44. The second kappa shape index (κ2) is 7.17. The van der Waals surface area contributed by atoms with E-state index in [9.17, 15) is 9.90 Å². The van der Waals surface area contributed by atoms with Crippen molar-refractivity contribution in [3.05, 3.63) is 47.5 Å². The minimum atomic E-state index is -1.23. The van der Waals surface area contributed by atoms with Gasteiger partial charge in [-0.15, -0.1) is 0 Å². The minimum Gasteiger partial charge on any atom is -0.385 e. The molecule has 4 heterocycles. The average molecular weight is 431 g/mol. The lowest BCUT2D eigenvalue weighted by atomic mass is 10.1. The van der Waals surface area contributed by atoms with Crippen molar-refractivity contribution in [2.75, 3.05) is 19.0 Å². The summed E-state index contributed by atoms with van der Waals surface area (Å²) < 4.78 is 13.5. The number of benzene rings is 1. The smallest absolute Gasteiger partial charge is 0.211 e. The normalized spacial score (nSPS) is 27.5. The molecule has 5 rings (SSSR count). The Morgan fingerprint density at radius 1 is 1.43 bits per heavy atom. The number of carbonyl (C=O) groups is 1. The number of carbonyl (C=O) groups excluding carboxylic acids is 1. The van der Waals surface area contributed by atoms with Crippen LogP contribution in [0.15, 0.2) is 36.9 Å². The highest BCUT2D eigenvalue weighted by atomic mass is 35.5. The molecule has 11 heteroatoms. The zero-order valence-electron chi connectivity index (χ0n) is 16.0. The van der Waals surface area contributed by atoms with Crippen LogP contribution in [0.4, 0.5) is 5.82 Å². The van der Waals surface area contributed by atoms with Gasteiger partial charge in [-0.25, -0.2) is 15.0 Å². The Morgan fingerprint density at radius 2 is 2.30 bits per heavy atom. The highest BCUT2D eigenvalue weighted by Crippen LogP contribution is 2.46. The van der Waals surface area contributed by atoms with Crippen LogP contribution < -0.4 is 5.32 Å². The van der Waals surface area contributed by atoms with Crippen molar-refractivity contribution in [2.45, 2.75) is 30.7 Å². The fourth-order valence-electron chi connectivity index (χ4n) is 3.97. The number of aliphatic hydroxyl groups is 1. The molecule has 0 spiro atoms. The van der Waals surface area contributed by atoms with Crippen molar-refractivity contribution in [2.24, 2.45) is 0 Å². The molecule has 156 valence electrons. The Labute approximate surface area is 176 Å². The van der Waals surface area contributed by atoms with Crippen LogP contribution in [0.3, 0.4) is 0 Å². The molecule has 10 nitrogen and oxygen atoms in total. The van der Waals surface area contributed by atoms with E-state index in [1.165, 1.54) is 11.2 Å². The molecule has 0 saturated carbocycles. The highest BCUT2D eigenvalue weighted by molar-refractivity contribution is 6.30. The van der Waals surface area contributed by atoms with Gasteiger partial charge in [-0.2, -0.15) is 0 Å². The van der Waals surface area contributed by atoms with Gasteiger partial charge in [0.2, 0.25) is 6.41 Å². The quantitative estimate of drug-likeness (QED) is 0.560. The molecule has 2 bridgehead atoms. The maximum atomic E-state index is 11.3. The van der Waals surface area contributed by atoms with Gasteiger partial charge in [-0.1, -0.05) is 23.7 Å². The summed E-state index contributed by atoms with van der Waals surface area (Å²) in [5.74, 6) is 0.558. The number of amides is 1. The number of halogens is 1. The summed E-state index contributed by atoms with van der Waals surface area (Å²) in [4.78, 5) is 25.7. The third kappa shape index (κ3) is 2.83. The first kappa shape index (κ1) is 19.2. The summed E-state index contributed by atoms with van der Waals surface area (Å²) >= 11 is 6.04. The Kier molecular flexibility index (Phi) is 4.58. The average Bonchev–Trinajstić information content (AvgIpc) is 3.42. The lowest BCUT2D eigenvalue weighted by Crippen LogP contribution is -2.53. The lowest BCUT2D eigenvalue weighted by molar-refractivity contribution is -0.222. The van der Waals surface area contributed by atoms with Gasteiger partial charge < -0.3 is 24.8 Å². The molecule has 2 aromatic heterocycles. The number of aliphatic hydroxyl groups excluding tert-OH is 1. The topological polar surface area (TPSA) is 115 Å². The van der Waals surface area contributed by atoms with Crippen LogP contribution in [0, 0.1) is 0 Å². The van der Waals surface area contributed by atoms with Gasteiger partial charge in [0.25, 0.3) is 0 Å². The van der Waals surface area contributed by atoms with Crippen molar-refractivity contribution in [1.82, 2.24) is 24.4 Å². The van der Waals surface area contributed by atoms with Crippen molar-refractivity contribution < 1.29 is 19.4 Å². The third-order valence-corrected chi connectivity index (χ3v) is 5.83. The van der Waals surface area contributed by atoms with Gasteiger partial charge in [0, 0.05) is 18.6 Å². The van der Waals surface area contributed by atoms with Crippen LogP contribution in [0.5, 0.6) is 0 Å². The number of hydrogen-bond donors (Lipinski definition) is 2. The molecule has 2 aliphatic rings. The van der Waals surface area contributed by atoms with Crippen LogP contribution in [0.25, 0.3) is 11.2 Å². The van der Waals surface area contributed by atoms with E-state index in [0.29, 0.717) is 35.0 Å². The summed E-state index contributed by atoms with van der Waals surface area (Å²) in [6.07, 6.45) is 1.29. The summed E-state index contributed by atoms with van der Waals surface area (Å²) in [7, 11) is 1.55. The Bertz CT molecular complexity index is 1110. The molecule has 1 aromatic carbocycles. The SMILES string of the molecule is CN(C=O)[C@]12CO[C@@H]([C@H](n3cnc4c(NCc5cccc(Cl)c5)ncnc43)O1)[C@@H]2O. The Hall–Kier alpha value is -2.79. The fourth-order valence-corrected chi connectivity index (χ4v) is 4.18. The number of nitrogens with one attached hydrogen (secondary N) is 1. The van der Waals surface area contributed by atoms with Crippen molar-refractivity contribution >= 4 is 35.0 Å². The van der Waals surface area contributed by atoms with Gasteiger partial charge in [0.05, 0.1) is 12.9 Å². The fraction of sp³-hybridized carbons (Fsp3) is 0.368. The predicted octanol–water partition coefficient (Wildman–Crippen LogP) is 1.16. The monoisotopic (exact) mass is 430 g/mol. The number of anilines is 1. The lowest BCUT2D eigenvalue weighted by Gasteiger charge is -2.36. The number of imidazole rings is 1. The van der Waals surface area contributed by atoms with Gasteiger partial charge in [0.15, 0.2) is 28.9 Å². The second-order valence-corrected chi connectivity index (χ2v) is 7.76. The van der Waals surface area contributed by atoms with E-state index in [4.69, 9.17) is 21.1 Å². The molecule has 2 aliphatic heterocycles. The molecular weight excluding hydrogens is 412 g/mol. The van der Waals surface area contributed by atoms with E-state index >= 15 is 0 Å². The van der Waals surface area contributed by atoms with Crippen LogP contribution >= 0.6 is 11.6 Å². The van der Waals surface area contributed by atoms with E-state index in [1.807, 2.05) is 24.3 Å². The van der Waals surface area contributed by atoms with E-state index in [2.05, 4.69) is 20.3 Å². The number of aromatic nitrogens is 4. The van der Waals surface area contributed by atoms with Crippen molar-refractivity contribution in [3.63, 3.8) is 0 Å². The van der Waals surface area contributed by atoms with E-state index in [1.54, 1.807) is 17.9 Å². The number of likely N-dealkylation sites (N-methyl/N-ethyl adjacent to an activating group) is 1. The number of fused-ring (bicyclic) bond motifs is 3. The van der Waals surface area contributed by atoms with E-state index in [0.717, 1.165) is 5.56 Å². The zero-order valence-corrected chi connectivity index (χ0v) is 16.7. The molecular formula is C19H19ClN6O4. The largest absolute Gasteiger partial charge is 0.385 e. The molecule has 0 aliphatic carbocycles. The minimum absolute atomic E-state index is 0.0959. The number of ether oxygens (including phenoxy) is 2. The maximum Gasteiger partial charge on any atom is 0.211 e. The summed E-state index contributed by atoms with van der Waals surface area (Å²) in [6, 6.07) is 7.53. The molecule has 30 heavy (non-hydrogen) atoms. The van der Waals surface area contributed by atoms with Crippen LogP contribution in [-0.2, 0) is 20.8 Å². The van der Waals surface area contributed by atoms with Crippen LogP contribution in [0.2, 0.25) is 5.02 Å². The molecule has 2 N–H and O–H groups in total. The number of nitrogens with zero attached hydrogens (tertiary/aromatic N) is 5. The molecule has 4 atom stereocenters. The van der Waals surface area contributed by atoms with Crippen LogP contribution in [0.1, 0.15) is 11.8 Å². The van der Waals surface area contributed by atoms with E-state index < -0.39 is 24.2 Å². The predicted molar refractivity (Wildman–Crippen MR) is 107 cm³/mol. The first-order valence-corrected chi connectivity index (χ1v) is 9.73. The summed E-state index contributed by atoms with van der Waals surface area (Å²) in [6.45, 7) is 0.607.